The van der Waals surface area contributed by atoms with Crippen LogP contribution in [0.5, 0.6) is 0 Å². The molecule has 2 N–H and O–H groups in total. The molecule has 26 heavy (non-hydrogen) atoms. The summed E-state index contributed by atoms with van der Waals surface area (Å²) in [5.74, 6) is -0.660. The van der Waals surface area contributed by atoms with E-state index in [9.17, 15) is 9.18 Å². The third kappa shape index (κ3) is 3.83. The molecule has 3 rings (SSSR count). The second-order valence-electron chi connectivity index (χ2n) is 6.45. The Morgan fingerprint density at radius 1 is 1.35 bits per heavy atom. The lowest BCUT2D eigenvalue weighted by atomic mass is 9.98. The van der Waals surface area contributed by atoms with Gasteiger partial charge in [0, 0.05) is 28.8 Å². The number of aromatic amines is 1. The van der Waals surface area contributed by atoms with Crippen LogP contribution >= 0.6 is 11.3 Å². The number of aromatic nitrogens is 3. The summed E-state index contributed by atoms with van der Waals surface area (Å²) in [4.78, 5) is 17.8. The molecule has 1 atom stereocenters. The Hall–Kier alpha value is -2.54. The van der Waals surface area contributed by atoms with Gasteiger partial charge >= 0.3 is 0 Å². The van der Waals surface area contributed by atoms with E-state index < -0.39 is 0 Å². The molecule has 0 saturated carbocycles. The van der Waals surface area contributed by atoms with Crippen molar-refractivity contribution in [3.8, 4) is 0 Å². The summed E-state index contributed by atoms with van der Waals surface area (Å²) in [5, 5.41) is 10.5. The Morgan fingerprint density at radius 3 is 2.77 bits per heavy atom. The van der Waals surface area contributed by atoms with Crippen molar-refractivity contribution in [2.24, 2.45) is 0 Å². The zero-order valence-electron chi connectivity index (χ0n) is 15.2. The first-order valence-electron chi connectivity index (χ1n) is 8.37. The smallest absolute Gasteiger partial charge is 0.233 e. The fraction of sp³-hybridized carbons (Fsp3) is 0.316. The van der Waals surface area contributed by atoms with E-state index in [1.54, 1.807) is 25.3 Å². The first kappa shape index (κ1) is 18.3. The van der Waals surface area contributed by atoms with Crippen molar-refractivity contribution in [3.63, 3.8) is 0 Å². The van der Waals surface area contributed by atoms with Crippen LogP contribution in [0, 0.1) is 26.6 Å². The highest BCUT2D eigenvalue weighted by Crippen LogP contribution is 2.26. The number of benzene rings is 1. The molecule has 0 spiro atoms. The van der Waals surface area contributed by atoms with Crippen molar-refractivity contribution in [1.82, 2.24) is 15.2 Å². The van der Waals surface area contributed by atoms with Gasteiger partial charge in [-0.1, -0.05) is 12.1 Å². The quantitative estimate of drug-likeness (QED) is 0.703. The number of carbonyl (C=O) groups is 1. The van der Waals surface area contributed by atoms with Crippen LogP contribution in [0.1, 0.15) is 45.8 Å². The third-order valence-corrected chi connectivity index (χ3v) is 5.32. The number of thiazole rings is 1. The van der Waals surface area contributed by atoms with Crippen LogP contribution in [-0.2, 0) is 11.2 Å². The minimum Gasteiger partial charge on any atom is -0.301 e. The number of nitrogens with one attached hydrogen (secondary N) is 2. The molecule has 7 heteroatoms. The number of halogens is 1. The van der Waals surface area contributed by atoms with Gasteiger partial charge in [0.25, 0.3) is 0 Å². The molecule has 1 amide bonds. The standard InChI is InChI=1S/C19H21FN4OS/c1-10-5-6-14(8-16(10)20)7-15-9-21-19(26-15)22-18(25)11(2)17-12(3)23-24-13(17)4/h5-6,8-9,11H,7H2,1-4H3,(H,23,24)(H,21,22,25). The Kier molecular flexibility index (Phi) is 5.18. The highest BCUT2D eigenvalue weighted by Gasteiger charge is 2.22. The van der Waals surface area contributed by atoms with E-state index in [1.165, 1.54) is 11.3 Å². The number of hydrogen-bond donors (Lipinski definition) is 2. The van der Waals surface area contributed by atoms with Crippen LogP contribution in [0.25, 0.3) is 0 Å². The lowest BCUT2D eigenvalue weighted by molar-refractivity contribution is -0.117. The van der Waals surface area contributed by atoms with E-state index in [0.29, 0.717) is 17.1 Å². The number of hydrogen-bond acceptors (Lipinski definition) is 4. The molecule has 136 valence electrons. The van der Waals surface area contributed by atoms with Crippen molar-refractivity contribution >= 4 is 22.4 Å². The number of rotatable bonds is 5. The molecular weight excluding hydrogens is 351 g/mol. The summed E-state index contributed by atoms with van der Waals surface area (Å²) in [6.07, 6.45) is 2.30. The topological polar surface area (TPSA) is 70.7 Å². The van der Waals surface area contributed by atoms with E-state index >= 15 is 0 Å². The molecule has 0 aliphatic rings. The van der Waals surface area contributed by atoms with Crippen LogP contribution in [0.2, 0.25) is 0 Å². The zero-order valence-corrected chi connectivity index (χ0v) is 16.0. The van der Waals surface area contributed by atoms with E-state index in [4.69, 9.17) is 0 Å². The first-order valence-corrected chi connectivity index (χ1v) is 9.19. The summed E-state index contributed by atoms with van der Waals surface area (Å²) in [6.45, 7) is 7.37. The van der Waals surface area contributed by atoms with Gasteiger partial charge in [-0.2, -0.15) is 5.10 Å². The van der Waals surface area contributed by atoms with Crippen molar-refractivity contribution in [2.45, 2.75) is 40.0 Å². The van der Waals surface area contributed by atoms with Crippen molar-refractivity contribution in [1.29, 1.82) is 0 Å². The molecule has 0 fully saturated rings. The van der Waals surface area contributed by atoms with Gasteiger partial charge in [-0.15, -0.1) is 11.3 Å². The predicted octanol–water partition coefficient (Wildman–Crippen LogP) is 4.26. The van der Waals surface area contributed by atoms with Crippen molar-refractivity contribution in [2.75, 3.05) is 5.32 Å². The van der Waals surface area contributed by atoms with Crippen LogP contribution in [0.3, 0.4) is 0 Å². The molecule has 0 aliphatic carbocycles. The van der Waals surface area contributed by atoms with Crippen LogP contribution in [0.4, 0.5) is 9.52 Å². The highest BCUT2D eigenvalue weighted by molar-refractivity contribution is 7.15. The van der Waals surface area contributed by atoms with Crippen LogP contribution in [-0.4, -0.2) is 21.1 Å². The molecule has 2 heterocycles. The van der Waals surface area contributed by atoms with Gasteiger partial charge in [0.15, 0.2) is 5.13 Å². The molecular formula is C19H21FN4OS. The SMILES string of the molecule is Cc1ccc(Cc2cnc(NC(=O)C(C)c3c(C)n[nH]c3C)s2)cc1F. The Bertz CT molecular complexity index is 927. The van der Waals surface area contributed by atoms with Gasteiger partial charge in [-0.3, -0.25) is 9.89 Å². The number of carbonyl (C=O) groups excluding carboxylic acids is 1. The highest BCUT2D eigenvalue weighted by atomic mass is 32.1. The average molecular weight is 372 g/mol. The Labute approximate surface area is 155 Å². The van der Waals surface area contributed by atoms with E-state index in [-0.39, 0.29) is 17.6 Å². The van der Waals surface area contributed by atoms with E-state index in [0.717, 1.165) is 27.4 Å². The summed E-state index contributed by atoms with van der Waals surface area (Å²) in [5.41, 5.74) is 4.14. The number of nitrogens with zero attached hydrogens (tertiary/aromatic N) is 2. The minimum absolute atomic E-state index is 0.125. The van der Waals surface area contributed by atoms with Crippen molar-refractivity contribution < 1.29 is 9.18 Å². The zero-order chi connectivity index (χ0) is 18.8. The van der Waals surface area contributed by atoms with Crippen LogP contribution in [0.15, 0.2) is 24.4 Å². The molecule has 0 saturated heterocycles. The summed E-state index contributed by atoms with van der Waals surface area (Å²) in [7, 11) is 0. The summed E-state index contributed by atoms with van der Waals surface area (Å²) >= 11 is 1.40. The lowest BCUT2D eigenvalue weighted by Gasteiger charge is -2.11. The average Bonchev–Trinajstić information content (AvgIpc) is 3.16. The van der Waals surface area contributed by atoms with Crippen molar-refractivity contribution in [3.05, 3.63) is 63.2 Å². The normalized spacial score (nSPS) is 12.2. The fourth-order valence-electron chi connectivity index (χ4n) is 2.94. The van der Waals surface area contributed by atoms with Gasteiger partial charge in [-0.25, -0.2) is 9.37 Å². The van der Waals surface area contributed by atoms with E-state index in [2.05, 4.69) is 20.5 Å². The van der Waals surface area contributed by atoms with Gasteiger partial charge in [0.1, 0.15) is 5.82 Å². The summed E-state index contributed by atoms with van der Waals surface area (Å²) in [6, 6.07) is 5.22. The maximum Gasteiger partial charge on any atom is 0.233 e. The molecule has 1 aromatic carbocycles. The lowest BCUT2D eigenvalue weighted by Crippen LogP contribution is -2.19. The first-order chi connectivity index (χ1) is 12.3. The van der Waals surface area contributed by atoms with Crippen LogP contribution < -0.4 is 5.32 Å². The third-order valence-electron chi connectivity index (χ3n) is 4.41. The Morgan fingerprint density at radius 2 is 2.12 bits per heavy atom. The van der Waals surface area contributed by atoms with Gasteiger partial charge in [-0.05, 0) is 44.9 Å². The molecule has 0 bridgehead atoms. The molecule has 2 aromatic heterocycles. The maximum absolute atomic E-state index is 13.7. The molecule has 3 aromatic rings. The van der Waals surface area contributed by atoms with Gasteiger partial charge in [0.2, 0.25) is 5.91 Å². The molecule has 0 radical (unpaired) electrons. The van der Waals surface area contributed by atoms with Gasteiger partial charge < -0.3 is 5.32 Å². The second-order valence-corrected chi connectivity index (χ2v) is 7.57. The number of H-pyrrole nitrogens is 1. The number of aryl methyl sites for hydroxylation is 3. The number of amides is 1. The largest absolute Gasteiger partial charge is 0.301 e. The number of anilines is 1. The summed E-state index contributed by atoms with van der Waals surface area (Å²) < 4.78 is 13.7. The van der Waals surface area contributed by atoms with E-state index in [1.807, 2.05) is 26.8 Å². The fourth-order valence-corrected chi connectivity index (χ4v) is 3.79. The maximum atomic E-state index is 13.7. The second kappa shape index (κ2) is 7.37. The predicted molar refractivity (Wildman–Crippen MR) is 101 cm³/mol. The molecule has 1 unspecified atom stereocenters. The monoisotopic (exact) mass is 372 g/mol. The van der Waals surface area contributed by atoms with Gasteiger partial charge in [0.05, 0.1) is 11.6 Å². The minimum atomic E-state index is -0.327. The Balaban J connectivity index is 1.68. The molecule has 5 nitrogen and oxygen atoms in total. The molecule has 0 aliphatic heterocycles.